The molecule has 8 aromatic rings. The van der Waals surface area contributed by atoms with Crippen LogP contribution in [0.1, 0.15) is 18.7 Å². The Morgan fingerprint density at radius 1 is 0.408 bits per heavy atom. The third kappa shape index (κ3) is 5.70. The van der Waals surface area contributed by atoms with Gasteiger partial charge in [0.15, 0.2) is 34.9 Å². The maximum absolute atomic E-state index is 5.08. The maximum atomic E-state index is 5.08. The van der Waals surface area contributed by atoms with Crippen LogP contribution in [0, 0.1) is 0 Å². The van der Waals surface area contributed by atoms with Crippen LogP contribution >= 0.6 is 11.3 Å². The van der Waals surface area contributed by atoms with Gasteiger partial charge in [0.05, 0.1) is 0 Å². The van der Waals surface area contributed by atoms with Crippen LogP contribution in [0.15, 0.2) is 146 Å². The van der Waals surface area contributed by atoms with E-state index in [0.29, 0.717) is 34.9 Å². The van der Waals surface area contributed by atoms with Crippen molar-refractivity contribution < 1.29 is 0 Å². The van der Waals surface area contributed by atoms with Crippen LogP contribution in [0.5, 0.6) is 0 Å². The lowest BCUT2D eigenvalue weighted by Crippen LogP contribution is -2.04. The third-order valence-corrected chi connectivity index (χ3v) is 9.79. The Labute approximate surface area is 287 Å². The predicted octanol–water partition coefficient (Wildman–Crippen LogP) is 10.5. The van der Waals surface area contributed by atoms with E-state index in [9.17, 15) is 0 Å². The van der Waals surface area contributed by atoms with E-state index in [4.69, 9.17) is 29.9 Å². The van der Waals surface area contributed by atoms with Gasteiger partial charge in [-0.25, -0.2) is 29.9 Å². The van der Waals surface area contributed by atoms with Crippen LogP contribution in [-0.2, 0) is 0 Å². The first kappa shape index (κ1) is 29.0. The smallest absolute Gasteiger partial charge is 0.164 e. The molecule has 3 heterocycles. The molecule has 1 aliphatic rings. The number of benzene rings is 5. The maximum Gasteiger partial charge on any atom is 0.164 e. The van der Waals surface area contributed by atoms with E-state index in [1.54, 1.807) is 11.3 Å². The Morgan fingerprint density at radius 2 is 0.918 bits per heavy atom. The summed E-state index contributed by atoms with van der Waals surface area (Å²) in [7, 11) is 0. The molecule has 49 heavy (non-hydrogen) atoms. The average Bonchev–Trinajstić information content (AvgIpc) is 3.57. The number of thiophene rings is 1. The van der Waals surface area contributed by atoms with Crippen molar-refractivity contribution in [2.24, 2.45) is 0 Å². The van der Waals surface area contributed by atoms with Crippen molar-refractivity contribution in [2.45, 2.75) is 12.8 Å². The van der Waals surface area contributed by atoms with Crippen LogP contribution in [0.3, 0.4) is 0 Å². The largest absolute Gasteiger partial charge is 0.209 e. The molecule has 0 atom stereocenters. The number of fused-ring (bicyclic) bond motifs is 3. The van der Waals surface area contributed by atoms with Gasteiger partial charge in [-0.15, -0.1) is 11.3 Å². The lowest BCUT2D eigenvalue weighted by atomic mass is 10.0. The van der Waals surface area contributed by atoms with Crippen LogP contribution in [-0.4, -0.2) is 29.9 Å². The molecular weight excluding hydrogens is 621 g/mol. The fraction of sp³-hybridized carbons (Fsp3) is 0.0476. The monoisotopic (exact) mass is 648 g/mol. The van der Waals surface area contributed by atoms with E-state index in [1.165, 1.54) is 20.2 Å². The minimum absolute atomic E-state index is 0.583. The molecule has 9 rings (SSSR count). The van der Waals surface area contributed by atoms with Crippen molar-refractivity contribution in [3.8, 4) is 56.9 Å². The summed E-state index contributed by atoms with van der Waals surface area (Å²) in [6.07, 6.45) is 8.20. The van der Waals surface area contributed by atoms with Gasteiger partial charge < -0.3 is 0 Å². The van der Waals surface area contributed by atoms with Crippen molar-refractivity contribution in [1.29, 1.82) is 0 Å². The topological polar surface area (TPSA) is 77.3 Å². The number of aromatic nitrogens is 6. The molecule has 3 aromatic heterocycles. The van der Waals surface area contributed by atoms with Crippen LogP contribution in [0.2, 0.25) is 0 Å². The van der Waals surface area contributed by atoms with Gasteiger partial charge in [0.25, 0.3) is 0 Å². The van der Waals surface area contributed by atoms with E-state index in [0.717, 1.165) is 46.2 Å². The number of hydrogen-bond donors (Lipinski definition) is 0. The van der Waals surface area contributed by atoms with E-state index in [-0.39, 0.29) is 0 Å². The Hall–Kier alpha value is -6.18. The van der Waals surface area contributed by atoms with Crippen LogP contribution in [0.4, 0.5) is 0 Å². The lowest BCUT2D eigenvalue weighted by molar-refractivity contribution is 0.978. The standard InChI is InChI=1S/C42H28N6S/c1-4-13-27(14-5-1)37-43-38(28-15-6-2-7-16-28)45-40(44-37)30-19-12-20-31(25-30)41-46-39(29-17-8-3-9-18-29)47-42(48-41)32-23-24-34-33-21-10-11-22-35(33)49-36(34)26-32/h1-8,10-17,19-26H,9,18H2. The molecular formula is C42H28N6S. The number of allylic oxidation sites excluding steroid dienone is 4. The van der Waals surface area contributed by atoms with E-state index in [1.807, 2.05) is 78.9 Å². The normalized spacial score (nSPS) is 12.8. The molecule has 6 nitrogen and oxygen atoms in total. The highest BCUT2D eigenvalue weighted by atomic mass is 32.1. The zero-order valence-electron chi connectivity index (χ0n) is 26.4. The predicted molar refractivity (Wildman–Crippen MR) is 200 cm³/mol. The van der Waals surface area contributed by atoms with Gasteiger partial charge in [-0.05, 0) is 36.6 Å². The number of hydrogen-bond acceptors (Lipinski definition) is 7. The number of nitrogens with zero attached hydrogens (tertiary/aromatic N) is 6. The molecule has 5 aromatic carbocycles. The summed E-state index contributed by atoms with van der Waals surface area (Å²) in [6, 6.07) is 43.2. The first-order valence-electron chi connectivity index (χ1n) is 16.3. The second kappa shape index (κ2) is 12.4. The summed E-state index contributed by atoms with van der Waals surface area (Å²) in [5.74, 6) is 3.78. The molecule has 0 amide bonds. The summed E-state index contributed by atoms with van der Waals surface area (Å²) in [4.78, 5) is 29.9. The molecule has 0 N–H and O–H groups in total. The van der Waals surface area contributed by atoms with Crippen molar-refractivity contribution in [3.05, 3.63) is 151 Å². The summed E-state index contributed by atoms with van der Waals surface area (Å²) in [5.41, 5.74) is 5.63. The van der Waals surface area contributed by atoms with Gasteiger partial charge in [0.2, 0.25) is 0 Å². The van der Waals surface area contributed by atoms with E-state index >= 15 is 0 Å². The first-order valence-corrected chi connectivity index (χ1v) is 17.1. The average molecular weight is 649 g/mol. The fourth-order valence-electron chi connectivity index (χ4n) is 6.17. The van der Waals surface area contributed by atoms with Crippen molar-refractivity contribution in [1.82, 2.24) is 29.9 Å². The second-order valence-corrected chi connectivity index (χ2v) is 13.0. The zero-order valence-corrected chi connectivity index (χ0v) is 27.2. The molecule has 0 radical (unpaired) electrons. The SMILES string of the molecule is C1=CCCC(c2nc(-c3cccc(-c4nc(-c5ccccc5)nc(-c5ccccc5)n4)c3)nc(-c3ccc4c(c3)sc3ccccc34)n2)=C1. The zero-order chi connectivity index (χ0) is 32.6. The molecule has 0 unspecified atom stereocenters. The van der Waals surface area contributed by atoms with E-state index < -0.39 is 0 Å². The molecule has 0 saturated carbocycles. The highest BCUT2D eigenvalue weighted by molar-refractivity contribution is 7.25. The summed E-state index contributed by atoms with van der Waals surface area (Å²) in [6.45, 7) is 0. The van der Waals surface area contributed by atoms with Gasteiger partial charge >= 0.3 is 0 Å². The molecule has 0 bridgehead atoms. The molecule has 0 spiro atoms. The van der Waals surface area contributed by atoms with Crippen LogP contribution in [0.25, 0.3) is 82.7 Å². The molecule has 1 aliphatic carbocycles. The van der Waals surface area contributed by atoms with Crippen molar-refractivity contribution in [3.63, 3.8) is 0 Å². The van der Waals surface area contributed by atoms with Crippen molar-refractivity contribution in [2.75, 3.05) is 0 Å². The lowest BCUT2D eigenvalue weighted by Gasteiger charge is -2.12. The summed E-state index contributed by atoms with van der Waals surface area (Å²) >= 11 is 1.79. The Balaban J connectivity index is 1.18. The Kier molecular flexibility index (Phi) is 7.37. The molecule has 7 heteroatoms. The highest BCUT2D eigenvalue weighted by Gasteiger charge is 2.17. The van der Waals surface area contributed by atoms with Gasteiger partial charge in [0, 0.05) is 48.0 Å². The van der Waals surface area contributed by atoms with Crippen molar-refractivity contribution >= 4 is 37.1 Å². The quantitative estimate of drug-likeness (QED) is 0.179. The number of rotatable bonds is 6. The molecule has 232 valence electrons. The first-order chi connectivity index (χ1) is 24.2. The van der Waals surface area contributed by atoms with Gasteiger partial charge in [0.1, 0.15) is 0 Å². The van der Waals surface area contributed by atoms with Gasteiger partial charge in [-0.3, -0.25) is 0 Å². The summed E-state index contributed by atoms with van der Waals surface area (Å²) in [5, 5.41) is 2.51. The molecule has 0 fully saturated rings. The minimum atomic E-state index is 0.583. The van der Waals surface area contributed by atoms with E-state index in [2.05, 4.69) is 66.8 Å². The Morgan fingerprint density at radius 3 is 1.53 bits per heavy atom. The van der Waals surface area contributed by atoms with Gasteiger partial charge in [-0.1, -0.05) is 127 Å². The third-order valence-electron chi connectivity index (χ3n) is 8.65. The summed E-state index contributed by atoms with van der Waals surface area (Å²) < 4.78 is 2.48. The molecule has 0 aliphatic heterocycles. The second-order valence-electron chi connectivity index (χ2n) is 11.9. The molecule has 0 saturated heterocycles. The van der Waals surface area contributed by atoms with Gasteiger partial charge in [-0.2, -0.15) is 0 Å². The minimum Gasteiger partial charge on any atom is -0.209 e. The Bertz CT molecular complexity index is 2500. The van der Waals surface area contributed by atoms with Crippen LogP contribution < -0.4 is 0 Å². The fourth-order valence-corrected chi connectivity index (χ4v) is 7.31. The highest BCUT2D eigenvalue weighted by Crippen LogP contribution is 2.36.